The lowest BCUT2D eigenvalue weighted by atomic mass is 10.0. The van der Waals surface area contributed by atoms with Crippen LogP contribution in [-0.4, -0.2) is 27.7 Å². The first-order chi connectivity index (χ1) is 13.9. The third-order valence-corrected chi connectivity index (χ3v) is 5.04. The molecular formula is C24H30N4O. The molecule has 1 heterocycles. The quantitative estimate of drug-likeness (QED) is 0.514. The third-order valence-electron chi connectivity index (χ3n) is 5.04. The molecule has 2 aromatic carbocycles. The van der Waals surface area contributed by atoms with E-state index in [2.05, 4.69) is 62.4 Å². The van der Waals surface area contributed by atoms with Gasteiger partial charge in [-0.15, -0.1) is 0 Å². The van der Waals surface area contributed by atoms with Gasteiger partial charge in [0.25, 0.3) is 0 Å². The van der Waals surface area contributed by atoms with E-state index < -0.39 is 0 Å². The van der Waals surface area contributed by atoms with Crippen LogP contribution in [0.2, 0.25) is 0 Å². The number of aromatic nitrogens is 2. The summed E-state index contributed by atoms with van der Waals surface area (Å²) in [5.41, 5.74) is 6.49. The molecule has 0 radical (unpaired) electrons. The van der Waals surface area contributed by atoms with E-state index in [-0.39, 0.29) is 18.6 Å². The zero-order chi connectivity index (χ0) is 21.0. The Kier molecular flexibility index (Phi) is 6.49. The maximum atomic E-state index is 9.71. The molecule has 3 aromatic rings. The smallest absolute Gasteiger partial charge is 0.225 e. The minimum absolute atomic E-state index is 0.0233. The number of aliphatic hydroxyl groups is 1. The summed E-state index contributed by atoms with van der Waals surface area (Å²) in [7, 11) is 0. The molecule has 5 heteroatoms. The zero-order valence-corrected chi connectivity index (χ0v) is 17.8. The number of benzene rings is 2. The number of hydrogen-bond acceptors (Lipinski definition) is 5. The second kappa shape index (κ2) is 9.05. The average Bonchev–Trinajstić information content (AvgIpc) is 2.69. The van der Waals surface area contributed by atoms with E-state index in [1.165, 1.54) is 16.7 Å². The van der Waals surface area contributed by atoms with Gasteiger partial charge in [0.05, 0.1) is 18.3 Å². The molecule has 152 valence electrons. The molecule has 0 bridgehead atoms. The van der Waals surface area contributed by atoms with E-state index in [4.69, 9.17) is 4.98 Å². The highest BCUT2D eigenvalue weighted by Gasteiger charge is 2.15. The lowest BCUT2D eigenvalue weighted by molar-refractivity contribution is 0.248. The number of nitrogens with zero attached hydrogens (tertiary/aromatic N) is 2. The minimum Gasteiger partial charge on any atom is -0.394 e. The Morgan fingerprint density at radius 3 is 2.17 bits per heavy atom. The van der Waals surface area contributed by atoms with Gasteiger partial charge in [0.2, 0.25) is 5.95 Å². The highest BCUT2D eigenvalue weighted by Crippen LogP contribution is 2.28. The van der Waals surface area contributed by atoms with E-state index >= 15 is 0 Å². The number of nitrogens with one attached hydrogen (secondary N) is 2. The Balaban J connectivity index is 2.03. The number of anilines is 3. The van der Waals surface area contributed by atoms with Crippen LogP contribution in [0.25, 0.3) is 11.3 Å². The van der Waals surface area contributed by atoms with Crippen molar-refractivity contribution in [3.8, 4) is 11.3 Å². The standard InChI is InChI=1S/C24H30N4O/c1-15(2)21(14-29)26-24-25-20(19-9-7-6-8-10-19)13-22(28-24)27-23-17(4)11-16(3)12-18(23)5/h6-13,15,21,29H,14H2,1-5H3,(H2,25,26,27,28)/t21-/m1/s1. The van der Waals surface area contributed by atoms with Crippen LogP contribution in [0.5, 0.6) is 0 Å². The molecule has 0 spiro atoms. The van der Waals surface area contributed by atoms with Crippen LogP contribution in [0.3, 0.4) is 0 Å². The van der Waals surface area contributed by atoms with Crippen LogP contribution in [-0.2, 0) is 0 Å². The molecule has 0 aliphatic carbocycles. The topological polar surface area (TPSA) is 70.1 Å². The molecule has 0 saturated heterocycles. The van der Waals surface area contributed by atoms with Crippen molar-refractivity contribution in [2.45, 2.75) is 40.7 Å². The Hall–Kier alpha value is -2.92. The molecule has 0 unspecified atom stereocenters. The minimum atomic E-state index is -0.114. The van der Waals surface area contributed by atoms with Crippen molar-refractivity contribution in [1.29, 1.82) is 0 Å². The highest BCUT2D eigenvalue weighted by molar-refractivity contribution is 5.70. The molecule has 5 nitrogen and oxygen atoms in total. The van der Waals surface area contributed by atoms with E-state index in [0.29, 0.717) is 5.95 Å². The van der Waals surface area contributed by atoms with Crippen molar-refractivity contribution >= 4 is 17.5 Å². The zero-order valence-electron chi connectivity index (χ0n) is 17.8. The first kappa shape index (κ1) is 20.8. The van der Waals surface area contributed by atoms with Crippen molar-refractivity contribution in [1.82, 2.24) is 9.97 Å². The number of hydrogen-bond donors (Lipinski definition) is 3. The van der Waals surface area contributed by atoms with E-state index in [9.17, 15) is 5.11 Å². The van der Waals surface area contributed by atoms with Gasteiger partial charge in [-0.25, -0.2) is 4.98 Å². The van der Waals surface area contributed by atoms with Crippen LogP contribution in [0.15, 0.2) is 48.5 Å². The summed E-state index contributed by atoms with van der Waals surface area (Å²) in [5, 5.41) is 16.5. The Labute approximate surface area is 173 Å². The molecule has 29 heavy (non-hydrogen) atoms. The fourth-order valence-corrected chi connectivity index (χ4v) is 3.43. The van der Waals surface area contributed by atoms with E-state index in [1.807, 2.05) is 36.4 Å². The second-order valence-corrected chi connectivity index (χ2v) is 7.90. The molecule has 0 amide bonds. The maximum absolute atomic E-state index is 9.71. The Morgan fingerprint density at radius 2 is 1.59 bits per heavy atom. The lowest BCUT2D eigenvalue weighted by Gasteiger charge is -2.21. The van der Waals surface area contributed by atoms with Crippen molar-refractivity contribution in [2.75, 3.05) is 17.2 Å². The van der Waals surface area contributed by atoms with Crippen molar-refractivity contribution in [3.05, 3.63) is 65.2 Å². The van der Waals surface area contributed by atoms with Gasteiger partial charge >= 0.3 is 0 Å². The van der Waals surface area contributed by atoms with Crippen LogP contribution in [0.1, 0.15) is 30.5 Å². The van der Waals surface area contributed by atoms with Gasteiger partial charge in [0.1, 0.15) is 5.82 Å². The van der Waals surface area contributed by atoms with Crippen molar-refractivity contribution in [3.63, 3.8) is 0 Å². The average molecular weight is 391 g/mol. The first-order valence-corrected chi connectivity index (χ1v) is 10.0. The number of aliphatic hydroxyl groups excluding tert-OH is 1. The van der Waals surface area contributed by atoms with E-state index in [1.54, 1.807) is 0 Å². The summed E-state index contributed by atoms with van der Waals surface area (Å²) >= 11 is 0. The fourth-order valence-electron chi connectivity index (χ4n) is 3.43. The molecule has 3 N–H and O–H groups in total. The normalized spacial score (nSPS) is 12.1. The number of rotatable bonds is 7. The molecule has 0 saturated carbocycles. The SMILES string of the molecule is Cc1cc(C)c(Nc2cc(-c3ccccc3)nc(N[C@H](CO)C(C)C)n2)c(C)c1. The van der Waals surface area contributed by atoms with Crippen molar-refractivity contribution in [2.24, 2.45) is 5.92 Å². The van der Waals surface area contributed by atoms with Crippen LogP contribution >= 0.6 is 0 Å². The summed E-state index contributed by atoms with van der Waals surface area (Å²) in [6, 6.07) is 16.2. The summed E-state index contributed by atoms with van der Waals surface area (Å²) in [4.78, 5) is 9.39. The maximum Gasteiger partial charge on any atom is 0.225 e. The predicted octanol–water partition coefficient (Wildman–Crippen LogP) is 5.24. The summed E-state index contributed by atoms with van der Waals surface area (Å²) in [6.07, 6.45) is 0. The van der Waals surface area contributed by atoms with Gasteiger partial charge < -0.3 is 15.7 Å². The van der Waals surface area contributed by atoms with Crippen LogP contribution < -0.4 is 10.6 Å². The third kappa shape index (κ3) is 5.12. The second-order valence-electron chi connectivity index (χ2n) is 7.90. The van der Waals surface area contributed by atoms with Crippen LogP contribution in [0.4, 0.5) is 17.5 Å². The Morgan fingerprint density at radius 1 is 0.931 bits per heavy atom. The predicted molar refractivity (Wildman–Crippen MR) is 121 cm³/mol. The molecule has 1 atom stereocenters. The highest BCUT2D eigenvalue weighted by atomic mass is 16.3. The van der Waals surface area contributed by atoms with Gasteiger partial charge in [-0.2, -0.15) is 4.98 Å². The van der Waals surface area contributed by atoms with Gasteiger partial charge in [-0.05, 0) is 37.8 Å². The fraction of sp³-hybridized carbons (Fsp3) is 0.333. The molecule has 0 aliphatic heterocycles. The number of aryl methyl sites for hydroxylation is 3. The van der Waals surface area contributed by atoms with Crippen LogP contribution in [0, 0.1) is 26.7 Å². The summed E-state index contributed by atoms with van der Waals surface area (Å²) in [5.74, 6) is 1.47. The summed E-state index contributed by atoms with van der Waals surface area (Å²) in [6.45, 7) is 10.4. The Bertz CT molecular complexity index is 947. The van der Waals surface area contributed by atoms with Gasteiger partial charge in [-0.3, -0.25) is 0 Å². The molecule has 0 fully saturated rings. The van der Waals surface area contributed by atoms with Gasteiger partial charge in [-0.1, -0.05) is 61.9 Å². The van der Waals surface area contributed by atoms with Gasteiger partial charge in [0, 0.05) is 17.3 Å². The molecule has 0 aliphatic rings. The molecular weight excluding hydrogens is 360 g/mol. The molecule has 3 rings (SSSR count). The van der Waals surface area contributed by atoms with Crippen molar-refractivity contribution < 1.29 is 5.11 Å². The molecule has 1 aromatic heterocycles. The van der Waals surface area contributed by atoms with Gasteiger partial charge in [0.15, 0.2) is 0 Å². The summed E-state index contributed by atoms with van der Waals surface area (Å²) < 4.78 is 0. The lowest BCUT2D eigenvalue weighted by Crippen LogP contribution is -2.30. The largest absolute Gasteiger partial charge is 0.394 e. The monoisotopic (exact) mass is 390 g/mol. The first-order valence-electron chi connectivity index (χ1n) is 10.0. The van der Waals surface area contributed by atoms with E-state index in [0.717, 1.165) is 22.8 Å².